The highest BCUT2D eigenvalue weighted by molar-refractivity contribution is 6.36. The maximum absolute atomic E-state index is 13.7. The molecule has 0 aromatic heterocycles. The van der Waals surface area contributed by atoms with Crippen LogP contribution in [0.4, 0.5) is 4.39 Å². The average Bonchev–Trinajstić information content (AvgIpc) is 2.72. The van der Waals surface area contributed by atoms with Crippen molar-refractivity contribution in [2.45, 2.75) is 6.04 Å². The number of hydrogen-bond donors (Lipinski definition) is 0. The van der Waals surface area contributed by atoms with Crippen molar-refractivity contribution in [1.82, 2.24) is 9.80 Å². The van der Waals surface area contributed by atoms with Gasteiger partial charge in [-0.25, -0.2) is 4.39 Å². The molecule has 1 amide bonds. The lowest BCUT2D eigenvalue weighted by Crippen LogP contribution is -2.49. The van der Waals surface area contributed by atoms with Gasteiger partial charge in [0.15, 0.2) is 0 Å². The Hall–Kier alpha value is -2.33. The molecule has 1 aliphatic rings. The second-order valence-corrected chi connectivity index (χ2v) is 7.19. The Morgan fingerprint density at radius 2 is 1.79 bits per heavy atom. The number of hydrogen-bond acceptors (Lipinski definition) is 4. The van der Waals surface area contributed by atoms with Crippen molar-refractivity contribution in [1.29, 1.82) is 5.26 Å². The molecule has 2 aromatic carbocycles. The van der Waals surface area contributed by atoms with E-state index >= 15 is 0 Å². The fourth-order valence-electron chi connectivity index (χ4n) is 3.19. The van der Waals surface area contributed by atoms with E-state index in [1.165, 1.54) is 6.07 Å². The molecule has 0 N–H and O–H groups in total. The lowest BCUT2D eigenvalue weighted by atomic mass is 10.1. The van der Waals surface area contributed by atoms with Crippen molar-refractivity contribution < 1.29 is 13.9 Å². The van der Waals surface area contributed by atoms with Crippen LogP contribution in [0.15, 0.2) is 36.4 Å². The summed E-state index contributed by atoms with van der Waals surface area (Å²) in [5.74, 6) is -0.307. The molecule has 0 aliphatic carbocycles. The topological polar surface area (TPSA) is 56.6 Å². The number of benzene rings is 2. The SMILES string of the molecule is COc1ccc(C(C#N)N2CCN(C(=O)c3cc(F)c(Cl)cc3Cl)CC2)cc1. The number of halogens is 3. The molecule has 146 valence electrons. The minimum absolute atomic E-state index is 0.0870. The van der Waals surface area contributed by atoms with E-state index in [9.17, 15) is 14.4 Å². The summed E-state index contributed by atoms with van der Waals surface area (Å²) in [6.07, 6.45) is 0. The molecule has 8 heteroatoms. The molecule has 5 nitrogen and oxygen atoms in total. The van der Waals surface area contributed by atoms with Gasteiger partial charge in [-0.1, -0.05) is 35.3 Å². The van der Waals surface area contributed by atoms with E-state index in [4.69, 9.17) is 27.9 Å². The normalized spacial score (nSPS) is 15.8. The van der Waals surface area contributed by atoms with Crippen LogP contribution >= 0.6 is 23.2 Å². The fraction of sp³-hybridized carbons (Fsp3) is 0.300. The Kier molecular flexibility index (Phi) is 6.40. The van der Waals surface area contributed by atoms with Gasteiger partial charge >= 0.3 is 0 Å². The highest BCUT2D eigenvalue weighted by atomic mass is 35.5. The highest BCUT2D eigenvalue weighted by Gasteiger charge is 2.28. The van der Waals surface area contributed by atoms with Crippen molar-refractivity contribution in [2.75, 3.05) is 33.3 Å². The molecule has 1 heterocycles. The molecule has 1 aliphatic heterocycles. The Balaban J connectivity index is 1.68. The molecule has 28 heavy (non-hydrogen) atoms. The van der Waals surface area contributed by atoms with Crippen LogP contribution in [0.3, 0.4) is 0 Å². The summed E-state index contributed by atoms with van der Waals surface area (Å²) in [7, 11) is 1.59. The smallest absolute Gasteiger partial charge is 0.255 e. The number of carbonyl (C=O) groups is 1. The van der Waals surface area contributed by atoms with Gasteiger partial charge in [0.05, 0.1) is 28.8 Å². The van der Waals surface area contributed by atoms with Crippen molar-refractivity contribution >= 4 is 29.1 Å². The van der Waals surface area contributed by atoms with E-state index in [2.05, 4.69) is 6.07 Å². The maximum atomic E-state index is 13.7. The molecular formula is C20H18Cl2FN3O2. The molecule has 1 unspecified atom stereocenters. The third kappa shape index (κ3) is 4.22. The summed E-state index contributed by atoms with van der Waals surface area (Å²) in [5, 5.41) is 9.62. The Labute approximate surface area is 172 Å². The number of carbonyl (C=O) groups excluding carboxylic acids is 1. The third-order valence-electron chi connectivity index (χ3n) is 4.76. The van der Waals surface area contributed by atoms with Crippen LogP contribution in [-0.4, -0.2) is 49.0 Å². The Bertz CT molecular complexity index is 907. The standard InChI is InChI=1S/C20H18Cl2FN3O2/c1-28-14-4-2-13(3-5-14)19(12-24)25-6-8-26(9-7-25)20(27)15-10-18(23)17(22)11-16(15)21/h2-5,10-11,19H,6-9H2,1H3. The van der Waals surface area contributed by atoms with Gasteiger partial charge in [0.25, 0.3) is 5.91 Å². The summed E-state index contributed by atoms with van der Waals surface area (Å²) in [5.41, 5.74) is 0.954. The van der Waals surface area contributed by atoms with E-state index in [-0.39, 0.29) is 21.5 Å². The van der Waals surface area contributed by atoms with Gasteiger partial charge in [-0.05, 0) is 29.8 Å². The molecular weight excluding hydrogens is 404 g/mol. The van der Waals surface area contributed by atoms with E-state index < -0.39 is 11.9 Å². The highest BCUT2D eigenvalue weighted by Crippen LogP contribution is 2.27. The first-order valence-electron chi connectivity index (χ1n) is 8.66. The minimum Gasteiger partial charge on any atom is -0.497 e. The maximum Gasteiger partial charge on any atom is 0.255 e. The monoisotopic (exact) mass is 421 g/mol. The van der Waals surface area contributed by atoms with Crippen LogP contribution in [0.5, 0.6) is 5.75 Å². The zero-order valence-electron chi connectivity index (χ0n) is 15.2. The van der Waals surface area contributed by atoms with Crippen LogP contribution in [0.2, 0.25) is 10.0 Å². The number of nitrogens with zero attached hydrogens (tertiary/aromatic N) is 3. The molecule has 1 atom stereocenters. The van der Waals surface area contributed by atoms with Gasteiger partial charge in [-0.3, -0.25) is 9.69 Å². The van der Waals surface area contributed by atoms with E-state index in [0.29, 0.717) is 26.2 Å². The van der Waals surface area contributed by atoms with Gasteiger partial charge in [-0.15, -0.1) is 0 Å². The molecule has 1 fully saturated rings. The van der Waals surface area contributed by atoms with E-state index in [0.717, 1.165) is 17.4 Å². The van der Waals surface area contributed by atoms with Crippen molar-refractivity contribution in [3.05, 3.63) is 63.4 Å². The fourth-order valence-corrected chi connectivity index (χ4v) is 3.66. The lowest BCUT2D eigenvalue weighted by Gasteiger charge is -2.37. The summed E-state index contributed by atoms with van der Waals surface area (Å²) in [4.78, 5) is 16.3. The van der Waals surface area contributed by atoms with Gasteiger partial charge in [0, 0.05) is 26.2 Å². The zero-order chi connectivity index (χ0) is 20.3. The molecule has 3 rings (SSSR count). The van der Waals surface area contributed by atoms with Crippen LogP contribution in [0, 0.1) is 17.1 Å². The Morgan fingerprint density at radius 3 is 2.36 bits per heavy atom. The summed E-state index contributed by atoms with van der Waals surface area (Å²) < 4.78 is 18.9. The summed E-state index contributed by atoms with van der Waals surface area (Å²) >= 11 is 11.8. The third-order valence-corrected chi connectivity index (χ3v) is 5.36. The second kappa shape index (κ2) is 8.78. The zero-order valence-corrected chi connectivity index (χ0v) is 16.7. The largest absolute Gasteiger partial charge is 0.497 e. The average molecular weight is 422 g/mol. The van der Waals surface area contributed by atoms with Crippen LogP contribution in [0.25, 0.3) is 0 Å². The van der Waals surface area contributed by atoms with Crippen molar-refractivity contribution in [2.24, 2.45) is 0 Å². The molecule has 0 radical (unpaired) electrons. The van der Waals surface area contributed by atoms with Gasteiger partial charge in [-0.2, -0.15) is 5.26 Å². The number of ether oxygens (including phenoxy) is 1. The molecule has 0 saturated carbocycles. The lowest BCUT2D eigenvalue weighted by molar-refractivity contribution is 0.0606. The number of amides is 1. The summed E-state index contributed by atoms with van der Waals surface area (Å²) in [6.45, 7) is 1.86. The van der Waals surface area contributed by atoms with Crippen LogP contribution < -0.4 is 4.74 Å². The number of rotatable bonds is 4. The number of methoxy groups -OCH3 is 1. The molecule has 2 aromatic rings. The second-order valence-electron chi connectivity index (χ2n) is 6.38. The first kappa shape index (κ1) is 20.4. The first-order chi connectivity index (χ1) is 13.4. The van der Waals surface area contributed by atoms with E-state index in [1.54, 1.807) is 12.0 Å². The van der Waals surface area contributed by atoms with Gasteiger partial charge in [0.1, 0.15) is 17.6 Å². The first-order valence-corrected chi connectivity index (χ1v) is 9.41. The quantitative estimate of drug-likeness (QED) is 0.695. The molecule has 0 bridgehead atoms. The number of nitriles is 1. The predicted octanol–water partition coefficient (Wildman–Crippen LogP) is 4.16. The van der Waals surface area contributed by atoms with Gasteiger partial charge in [0.2, 0.25) is 0 Å². The van der Waals surface area contributed by atoms with Gasteiger partial charge < -0.3 is 9.64 Å². The van der Waals surface area contributed by atoms with Crippen molar-refractivity contribution in [3.8, 4) is 11.8 Å². The molecule has 1 saturated heterocycles. The summed E-state index contributed by atoms with van der Waals surface area (Å²) in [6, 6.07) is 11.6. The van der Waals surface area contributed by atoms with Crippen LogP contribution in [-0.2, 0) is 0 Å². The molecule has 0 spiro atoms. The van der Waals surface area contributed by atoms with Crippen LogP contribution in [0.1, 0.15) is 22.0 Å². The minimum atomic E-state index is -0.683. The predicted molar refractivity (Wildman–Crippen MR) is 105 cm³/mol. The van der Waals surface area contributed by atoms with E-state index in [1.807, 2.05) is 29.2 Å². The Morgan fingerprint density at radius 1 is 1.14 bits per heavy atom. The van der Waals surface area contributed by atoms with Crippen molar-refractivity contribution in [3.63, 3.8) is 0 Å². The number of piperazine rings is 1.